The van der Waals surface area contributed by atoms with Gasteiger partial charge in [0.2, 0.25) is 0 Å². The van der Waals surface area contributed by atoms with Crippen molar-refractivity contribution in [2.45, 2.75) is 20.4 Å². The molecule has 2 heteroatoms. The van der Waals surface area contributed by atoms with Gasteiger partial charge in [0, 0.05) is 6.54 Å². The van der Waals surface area contributed by atoms with Gasteiger partial charge in [-0.3, -0.25) is 0 Å². The van der Waals surface area contributed by atoms with E-state index in [1.807, 2.05) is 0 Å². The summed E-state index contributed by atoms with van der Waals surface area (Å²) in [6.07, 6.45) is 0. The van der Waals surface area contributed by atoms with Gasteiger partial charge in [-0.2, -0.15) is 0 Å². The molecule has 0 radical (unpaired) electrons. The Kier molecular flexibility index (Phi) is 2.25. The zero-order valence-corrected chi connectivity index (χ0v) is 6.82. The third-order valence-corrected chi connectivity index (χ3v) is 1.73. The van der Waals surface area contributed by atoms with Crippen molar-refractivity contribution in [3.8, 4) is 0 Å². The summed E-state index contributed by atoms with van der Waals surface area (Å²) < 4.78 is 13.0. The minimum atomic E-state index is -0.123. The first-order valence-corrected chi connectivity index (χ1v) is 3.61. The van der Waals surface area contributed by atoms with Gasteiger partial charge in [-0.15, -0.1) is 0 Å². The van der Waals surface area contributed by atoms with Crippen molar-refractivity contribution in [2.75, 3.05) is 0 Å². The minimum absolute atomic E-state index is 0.123. The van der Waals surface area contributed by atoms with Crippen molar-refractivity contribution in [2.24, 2.45) is 5.73 Å². The predicted octanol–water partition coefficient (Wildman–Crippen LogP) is 1.90. The van der Waals surface area contributed by atoms with Crippen LogP contribution in [0.2, 0.25) is 0 Å². The van der Waals surface area contributed by atoms with E-state index in [1.54, 1.807) is 26.0 Å². The van der Waals surface area contributed by atoms with E-state index >= 15 is 0 Å². The van der Waals surface area contributed by atoms with Gasteiger partial charge in [0.25, 0.3) is 0 Å². The predicted molar refractivity (Wildman–Crippen MR) is 43.8 cm³/mol. The number of benzene rings is 1. The number of hydrogen-bond acceptors (Lipinski definition) is 1. The van der Waals surface area contributed by atoms with Crippen molar-refractivity contribution in [3.05, 3.63) is 34.6 Å². The smallest absolute Gasteiger partial charge is 0.129 e. The standard InChI is InChI=1S/C9H12FN/c1-6-3-8(5-11)4-7(2)9(6)10/h3-4H,5,11H2,1-2H3. The molecule has 0 bridgehead atoms. The molecule has 0 spiro atoms. The van der Waals surface area contributed by atoms with Crippen LogP contribution < -0.4 is 5.73 Å². The number of aryl methyl sites for hydroxylation is 2. The monoisotopic (exact) mass is 153 g/mol. The first-order valence-electron chi connectivity index (χ1n) is 3.61. The Morgan fingerprint density at radius 3 is 2.09 bits per heavy atom. The molecule has 60 valence electrons. The molecule has 0 fully saturated rings. The summed E-state index contributed by atoms with van der Waals surface area (Å²) in [5.41, 5.74) is 7.75. The largest absolute Gasteiger partial charge is 0.326 e. The summed E-state index contributed by atoms with van der Waals surface area (Å²) >= 11 is 0. The molecule has 0 aliphatic rings. The summed E-state index contributed by atoms with van der Waals surface area (Å²) in [6.45, 7) is 3.98. The van der Waals surface area contributed by atoms with Gasteiger partial charge < -0.3 is 5.73 Å². The maximum absolute atomic E-state index is 13.0. The zero-order valence-electron chi connectivity index (χ0n) is 6.82. The summed E-state index contributed by atoms with van der Waals surface area (Å²) in [6, 6.07) is 3.56. The Hall–Kier alpha value is -0.890. The number of halogens is 1. The molecule has 1 rings (SSSR count). The fourth-order valence-corrected chi connectivity index (χ4v) is 1.15. The van der Waals surface area contributed by atoms with E-state index in [-0.39, 0.29) is 5.82 Å². The van der Waals surface area contributed by atoms with Gasteiger partial charge in [0.05, 0.1) is 0 Å². The van der Waals surface area contributed by atoms with E-state index in [0.717, 1.165) is 5.56 Å². The van der Waals surface area contributed by atoms with Gasteiger partial charge >= 0.3 is 0 Å². The Bertz CT molecular complexity index is 245. The van der Waals surface area contributed by atoms with Crippen molar-refractivity contribution in [3.63, 3.8) is 0 Å². The van der Waals surface area contributed by atoms with Crippen LogP contribution in [-0.4, -0.2) is 0 Å². The first-order chi connectivity index (χ1) is 5.15. The highest BCUT2D eigenvalue weighted by atomic mass is 19.1. The summed E-state index contributed by atoms with van der Waals surface area (Å²) in [4.78, 5) is 0. The van der Waals surface area contributed by atoms with E-state index < -0.39 is 0 Å². The molecule has 0 aliphatic carbocycles. The van der Waals surface area contributed by atoms with E-state index in [2.05, 4.69) is 0 Å². The number of rotatable bonds is 1. The highest BCUT2D eigenvalue weighted by Gasteiger charge is 2.01. The summed E-state index contributed by atoms with van der Waals surface area (Å²) in [7, 11) is 0. The van der Waals surface area contributed by atoms with Crippen LogP contribution >= 0.6 is 0 Å². The highest BCUT2D eigenvalue weighted by molar-refractivity contribution is 5.30. The van der Waals surface area contributed by atoms with Gasteiger partial charge in [-0.25, -0.2) is 4.39 Å². The van der Waals surface area contributed by atoms with E-state index in [0.29, 0.717) is 17.7 Å². The summed E-state index contributed by atoms with van der Waals surface area (Å²) in [5, 5.41) is 0. The van der Waals surface area contributed by atoms with E-state index in [1.165, 1.54) is 0 Å². The molecule has 0 aliphatic heterocycles. The molecule has 1 nitrogen and oxygen atoms in total. The molecule has 1 aromatic rings. The van der Waals surface area contributed by atoms with Gasteiger partial charge in [-0.05, 0) is 30.5 Å². The average Bonchev–Trinajstić information content (AvgIpc) is 1.99. The van der Waals surface area contributed by atoms with Crippen molar-refractivity contribution in [1.82, 2.24) is 0 Å². The van der Waals surface area contributed by atoms with Gasteiger partial charge in [0.1, 0.15) is 5.82 Å². The molecule has 1 aromatic carbocycles. The van der Waals surface area contributed by atoms with Crippen LogP contribution in [0.15, 0.2) is 12.1 Å². The molecule has 0 atom stereocenters. The number of hydrogen-bond donors (Lipinski definition) is 1. The fraction of sp³-hybridized carbons (Fsp3) is 0.333. The Labute approximate surface area is 66.0 Å². The van der Waals surface area contributed by atoms with Crippen LogP contribution in [0.5, 0.6) is 0 Å². The maximum Gasteiger partial charge on any atom is 0.129 e. The molecular weight excluding hydrogens is 141 g/mol. The average molecular weight is 153 g/mol. The van der Waals surface area contributed by atoms with Crippen molar-refractivity contribution >= 4 is 0 Å². The quantitative estimate of drug-likeness (QED) is 0.655. The third-order valence-electron chi connectivity index (χ3n) is 1.73. The minimum Gasteiger partial charge on any atom is -0.326 e. The summed E-state index contributed by atoms with van der Waals surface area (Å²) in [5.74, 6) is -0.123. The molecular formula is C9H12FN. The van der Waals surface area contributed by atoms with Gasteiger partial charge in [-0.1, -0.05) is 12.1 Å². The van der Waals surface area contributed by atoms with Crippen molar-refractivity contribution in [1.29, 1.82) is 0 Å². The lowest BCUT2D eigenvalue weighted by Crippen LogP contribution is -1.99. The Morgan fingerprint density at radius 1 is 1.27 bits per heavy atom. The molecule has 0 amide bonds. The second-order valence-electron chi connectivity index (χ2n) is 2.75. The lowest BCUT2D eigenvalue weighted by molar-refractivity contribution is 0.608. The molecule has 0 heterocycles. The molecule has 0 unspecified atom stereocenters. The highest BCUT2D eigenvalue weighted by Crippen LogP contribution is 2.13. The lowest BCUT2D eigenvalue weighted by Gasteiger charge is -2.03. The molecule has 11 heavy (non-hydrogen) atoms. The second kappa shape index (κ2) is 3.01. The zero-order chi connectivity index (χ0) is 8.43. The number of nitrogens with two attached hydrogens (primary N) is 1. The van der Waals surface area contributed by atoms with Crippen LogP contribution in [0, 0.1) is 19.7 Å². The first kappa shape index (κ1) is 8.21. The normalized spacial score (nSPS) is 10.2. The van der Waals surface area contributed by atoms with Crippen LogP contribution in [0.3, 0.4) is 0 Å². The van der Waals surface area contributed by atoms with Crippen LogP contribution in [-0.2, 0) is 6.54 Å². The topological polar surface area (TPSA) is 26.0 Å². The fourth-order valence-electron chi connectivity index (χ4n) is 1.15. The Morgan fingerprint density at radius 2 is 1.73 bits per heavy atom. The Balaban J connectivity index is 3.21. The lowest BCUT2D eigenvalue weighted by atomic mass is 10.1. The second-order valence-corrected chi connectivity index (χ2v) is 2.75. The maximum atomic E-state index is 13.0. The van der Waals surface area contributed by atoms with Gasteiger partial charge in [0.15, 0.2) is 0 Å². The molecule has 0 aromatic heterocycles. The van der Waals surface area contributed by atoms with E-state index in [4.69, 9.17) is 5.73 Å². The molecule has 0 saturated carbocycles. The third kappa shape index (κ3) is 1.57. The van der Waals surface area contributed by atoms with Crippen LogP contribution in [0.1, 0.15) is 16.7 Å². The van der Waals surface area contributed by atoms with Crippen molar-refractivity contribution < 1.29 is 4.39 Å². The van der Waals surface area contributed by atoms with E-state index in [9.17, 15) is 4.39 Å². The van der Waals surface area contributed by atoms with Crippen LogP contribution in [0.25, 0.3) is 0 Å². The molecule has 2 N–H and O–H groups in total. The molecule has 0 saturated heterocycles. The van der Waals surface area contributed by atoms with Crippen LogP contribution in [0.4, 0.5) is 4.39 Å². The SMILES string of the molecule is Cc1cc(CN)cc(C)c1F.